The number of hydrogen-bond acceptors (Lipinski definition) is 3. The highest BCUT2D eigenvalue weighted by atomic mass is 19.4. The fourth-order valence-corrected chi connectivity index (χ4v) is 6.67. The number of fused-ring (bicyclic) bond motifs is 5. The quantitative estimate of drug-likeness (QED) is 0.254. The SMILES string of the molecule is O=C(c1cc(C(F)(F)F)ccc1F)C1CC2CCCC(C1)N2C(=O)OCC1c2ccccc2-c2ccccc21. The van der Waals surface area contributed by atoms with E-state index in [9.17, 15) is 27.2 Å². The Morgan fingerprint density at radius 3 is 2.05 bits per heavy atom. The highest BCUT2D eigenvalue weighted by Crippen LogP contribution is 2.45. The van der Waals surface area contributed by atoms with Crippen LogP contribution >= 0.6 is 0 Å². The Morgan fingerprint density at radius 1 is 0.872 bits per heavy atom. The van der Waals surface area contributed by atoms with E-state index in [1.54, 1.807) is 4.90 Å². The van der Waals surface area contributed by atoms with Crippen LogP contribution in [0.2, 0.25) is 0 Å². The maximum atomic E-state index is 14.4. The first kappa shape index (κ1) is 25.6. The van der Waals surface area contributed by atoms with Crippen LogP contribution in [-0.2, 0) is 10.9 Å². The van der Waals surface area contributed by atoms with E-state index < -0.39 is 40.9 Å². The molecule has 6 rings (SSSR count). The molecule has 2 fully saturated rings. The number of Topliss-reactive ketones (excluding diaryl/α,β-unsaturated/α-hetero) is 1. The molecule has 8 heteroatoms. The van der Waals surface area contributed by atoms with E-state index in [0.29, 0.717) is 31.0 Å². The summed E-state index contributed by atoms with van der Waals surface area (Å²) in [5.74, 6) is -2.33. The van der Waals surface area contributed by atoms with Crippen molar-refractivity contribution in [2.24, 2.45) is 5.92 Å². The number of halogens is 4. The molecule has 0 N–H and O–H groups in total. The van der Waals surface area contributed by atoms with Gasteiger partial charge in [0.1, 0.15) is 12.4 Å². The smallest absolute Gasteiger partial charge is 0.416 e. The zero-order valence-electron chi connectivity index (χ0n) is 21.1. The van der Waals surface area contributed by atoms with Crippen molar-refractivity contribution in [1.29, 1.82) is 0 Å². The molecular weight excluding hydrogens is 510 g/mol. The van der Waals surface area contributed by atoms with Gasteiger partial charge in [0, 0.05) is 23.9 Å². The summed E-state index contributed by atoms with van der Waals surface area (Å²) in [4.78, 5) is 28.3. The number of hydrogen-bond donors (Lipinski definition) is 0. The van der Waals surface area contributed by atoms with E-state index in [1.165, 1.54) is 0 Å². The number of ketones is 1. The van der Waals surface area contributed by atoms with Crippen LogP contribution in [0, 0.1) is 11.7 Å². The number of piperidine rings is 2. The second-order valence-electron chi connectivity index (χ2n) is 10.7. The van der Waals surface area contributed by atoms with Gasteiger partial charge in [0.15, 0.2) is 5.78 Å². The fraction of sp³-hybridized carbons (Fsp3) is 0.355. The van der Waals surface area contributed by atoms with Gasteiger partial charge in [-0.3, -0.25) is 4.79 Å². The predicted molar refractivity (Wildman–Crippen MR) is 137 cm³/mol. The van der Waals surface area contributed by atoms with Crippen molar-refractivity contribution in [2.75, 3.05) is 6.61 Å². The number of ether oxygens (including phenoxy) is 1. The zero-order valence-corrected chi connectivity index (χ0v) is 21.1. The molecule has 3 aliphatic rings. The van der Waals surface area contributed by atoms with Crippen LogP contribution in [-0.4, -0.2) is 35.5 Å². The highest BCUT2D eigenvalue weighted by molar-refractivity contribution is 5.98. The molecule has 0 aromatic heterocycles. The molecule has 2 unspecified atom stereocenters. The number of nitrogens with zero attached hydrogens (tertiary/aromatic N) is 1. The van der Waals surface area contributed by atoms with E-state index in [4.69, 9.17) is 4.74 Å². The maximum absolute atomic E-state index is 14.4. The molecule has 3 aromatic carbocycles. The first-order chi connectivity index (χ1) is 18.7. The predicted octanol–water partition coefficient (Wildman–Crippen LogP) is 7.61. The van der Waals surface area contributed by atoms with Crippen molar-refractivity contribution < 1.29 is 31.9 Å². The average molecular weight is 538 g/mol. The number of carbonyl (C=O) groups excluding carboxylic acids is 2. The lowest BCUT2D eigenvalue weighted by Crippen LogP contribution is -2.56. The summed E-state index contributed by atoms with van der Waals surface area (Å²) >= 11 is 0. The molecule has 0 saturated carbocycles. The van der Waals surface area contributed by atoms with Crippen LogP contribution in [0.3, 0.4) is 0 Å². The van der Waals surface area contributed by atoms with Crippen LogP contribution < -0.4 is 0 Å². The van der Waals surface area contributed by atoms with Crippen molar-refractivity contribution in [1.82, 2.24) is 4.90 Å². The molecule has 4 nitrogen and oxygen atoms in total. The number of amides is 1. The Hall–Kier alpha value is -3.68. The Morgan fingerprint density at radius 2 is 1.46 bits per heavy atom. The molecule has 1 amide bonds. The van der Waals surface area contributed by atoms with E-state index in [-0.39, 0.29) is 37.5 Å². The van der Waals surface area contributed by atoms with Crippen molar-refractivity contribution in [3.63, 3.8) is 0 Å². The maximum Gasteiger partial charge on any atom is 0.416 e. The average Bonchev–Trinajstić information content (AvgIpc) is 3.24. The normalized spacial score (nSPS) is 22.3. The summed E-state index contributed by atoms with van der Waals surface area (Å²) in [5, 5.41) is 0. The number of rotatable bonds is 4. The summed E-state index contributed by atoms with van der Waals surface area (Å²) in [7, 11) is 0. The molecule has 39 heavy (non-hydrogen) atoms. The number of benzene rings is 3. The summed E-state index contributed by atoms with van der Waals surface area (Å²) in [5.41, 5.74) is 2.89. The van der Waals surface area contributed by atoms with Gasteiger partial charge in [-0.1, -0.05) is 48.5 Å². The molecule has 2 saturated heterocycles. The molecule has 202 valence electrons. The molecule has 2 bridgehead atoms. The van der Waals surface area contributed by atoms with Gasteiger partial charge in [0.2, 0.25) is 0 Å². The van der Waals surface area contributed by atoms with Gasteiger partial charge >= 0.3 is 12.3 Å². The van der Waals surface area contributed by atoms with Gasteiger partial charge in [0.25, 0.3) is 0 Å². The molecule has 2 aliphatic heterocycles. The molecule has 0 spiro atoms. The van der Waals surface area contributed by atoms with E-state index in [0.717, 1.165) is 28.7 Å². The first-order valence-corrected chi connectivity index (χ1v) is 13.3. The van der Waals surface area contributed by atoms with Gasteiger partial charge in [-0.2, -0.15) is 13.2 Å². The lowest BCUT2D eigenvalue weighted by Gasteiger charge is -2.47. The van der Waals surface area contributed by atoms with Crippen molar-refractivity contribution >= 4 is 11.9 Å². The second kappa shape index (κ2) is 9.81. The number of carbonyl (C=O) groups is 2. The van der Waals surface area contributed by atoms with Crippen molar-refractivity contribution in [3.8, 4) is 11.1 Å². The van der Waals surface area contributed by atoms with E-state index >= 15 is 0 Å². The topological polar surface area (TPSA) is 46.6 Å². The van der Waals surface area contributed by atoms with Crippen LogP contribution in [0.1, 0.15) is 65.1 Å². The minimum absolute atomic E-state index is 0.0795. The van der Waals surface area contributed by atoms with Crippen LogP contribution in [0.4, 0.5) is 22.4 Å². The highest BCUT2D eigenvalue weighted by Gasteiger charge is 2.45. The summed E-state index contributed by atoms with van der Waals surface area (Å²) < 4.78 is 59.9. The largest absolute Gasteiger partial charge is 0.448 e. The molecule has 2 atom stereocenters. The summed E-state index contributed by atoms with van der Waals surface area (Å²) in [6.45, 7) is 0.181. The minimum atomic E-state index is -4.67. The Kier molecular flexibility index (Phi) is 6.44. The number of alkyl halides is 3. The third kappa shape index (κ3) is 4.60. The second-order valence-corrected chi connectivity index (χ2v) is 10.7. The summed E-state index contributed by atoms with van der Waals surface area (Å²) in [6.07, 6.45) is -2.37. The molecular formula is C31H27F4NO3. The van der Waals surface area contributed by atoms with Gasteiger partial charge < -0.3 is 9.64 Å². The van der Waals surface area contributed by atoms with Crippen LogP contribution in [0.25, 0.3) is 11.1 Å². The monoisotopic (exact) mass is 537 g/mol. The summed E-state index contributed by atoms with van der Waals surface area (Å²) in [6, 6.07) is 17.5. The molecule has 1 aliphatic carbocycles. The Balaban J connectivity index is 1.17. The lowest BCUT2D eigenvalue weighted by atomic mass is 9.75. The molecule has 0 radical (unpaired) electrons. The molecule has 3 aromatic rings. The van der Waals surface area contributed by atoms with Crippen LogP contribution in [0.15, 0.2) is 66.7 Å². The Labute approximate surface area is 223 Å². The van der Waals surface area contributed by atoms with Crippen molar-refractivity contribution in [2.45, 2.75) is 56.3 Å². The van der Waals surface area contributed by atoms with Crippen LogP contribution in [0.5, 0.6) is 0 Å². The van der Waals surface area contributed by atoms with Gasteiger partial charge in [-0.25, -0.2) is 9.18 Å². The Bertz CT molecular complexity index is 1380. The third-order valence-corrected chi connectivity index (χ3v) is 8.45. The van der Waals surface area contributed by atoms with Gasteiger partial charge in [-0.05, 0) is 72.6 Å². The standard InChI is InChI=1S/C31H27F4NO3/c32-28-13-12-19(31(33,34)35)16-26(28)29(37)18-14-20-6-5-7-21(15-18)36(20)30(38)39-17-27-24-10-3-1-8-22(24)23-9-2-4-11-25(23)27/h1-4,8-13,16,18,20-21,27H,5-7,14-15,17H2. The lowest BCUT2D eigenvalue weighted by molar-refractivity contribution is -0.137. The fourth-order valence-electron chi connectivity index (χ4n) is 6.67. The molecule has 2 heterocycles. The van der Waals surface area contributed by atoms with E-state index in [2.05, 4.69) is 12.1 Å². The minimum Gasteiger partial charge on any atom is -0.448 e. The first-order valence-electron chi connectivity index (χ1n) is 13.3. The van der Waals surface area contributed by atoms with Crippen molar-refractivity contribution in [3.05, 3.63) is 94.8 Å². The third-order valence-electron chi connectivity index (χ3n) is 8.45. The van der Waals surface area contributed by atoms with Gasteiger partial charge in [0.05, 0.1) is 11.1 Å². The van der Waals surface area contributed by atoms with E-state index in [1.807, 2.05) is 36.4 Å². The zero-order chi connectivity index (χ0) is 27.3. The van der Waals surface area contributed by atoms with Gasteiger partial charge in [-0.15, -0.1) is 0 Å².